The summed E-state index contributed by atoms with van der Waals surface area (Å²) in [5.41, 5.74) is 0. The molecule has 4 nitrogen and oxygen atoms in total. The molecule has 0 aromatic rings. The Hall–Kier alpha value is 1.60. The minimum atomic E-state index is -4.61. The van der Waals surface area contributed by atoms with E-state index in [1.54, 1.807) is 0 Å². The molecular formula is H6BO4SiSr. The Bertz CT molecular complexity index is 34.0. The molecular weight excluding hydrogens is 191 g/mol. The first kappa shape index (κ1) is 15.8. The second-order valence-electron chi connectivity index (χ2n) is 0.600. The van der Waals surface area contributed by atoms with Gasteiger partial charge in [0.05, 0.1) is 0 Å². The molecule has 0 aliphatic carbocycles. The van der Waals surface area contributed by atoms with Crippen molar-refractivity contribution in [1.29, 1.82) is 0 Å². The van der Waals surface area contributed by atoms with Crippen LogP contribution in [0.3, 0.4) is 0 Å². The van der Waals surface area contributed by atoms with Gasteiger partial charge in [-0.2, -0.15) is 0 Å². The van der Waals surface area contributed by atoms with Crippen LogP contribution in [-0.2, 0) is 0 Å². The van der Waals surface area contributed by atoms with Gasteiger partial charge < -0.3 is 22.0 Å². The normalized spacial score (nSPS) is 8.57. The van der Waals surface area contributed by atoms with Crippen LogP contribution < -0.4 is 0 Å². The van der Waals surface area contributed by atoms with E-state index in [1.165, 1.54) is 0 Å². The minimum Gasteiger partial charge on any atom is -1.00 e. The molecule has 0 bridgehead atoms. The molecule has 0 saturated carbocycles. The van der Waals surface area contributed by atoms with Gasteiger partial charge in [-0.1, -0.05) is 0 Å². The van der Waals surface area contributed by atoms with E-state index in [9.17, 15) is 0 Å². The largest absolute Gasteiger partial charge is 2.00 e. The Labute approximate surface area is 84.1 Å². The fourth-order valence-electron chi connectivity index (χ4n) is 0. The molecule has 0 fully saturated rings. The summed E-state index contributed by atoms with van der Waals surface area (Å²) < 4.78 is 0. The maximum atomic E-state index is 7.33. The van der Waals surface area contributed by atoms with Gasteiger partial charge in [0, 0.05) is 8.41 Å². The van der Waals surface area contributed by atoms with Gasteiger partial charge in [-0.25, -0.2) is 0 Å². The summed E-state index contributed by atoms with van der Waals surface area (Å²) in [5, 5.41) is 0. The fraction of sp³-hybridized carbons (Fsp3) is 0. The van der Waals surface area contributed by atoms with Gasteiger partial charge in [-0.05, 0) is 0 Å². The topological polar surface area (TPSA) is 80.9 Å². The molecule has 0 spiro atoms. The van der Waals surface area contributed by atoms with E-state index in [1.807, 2.05) is 0 Å². The SMILES string of the molecule is O[Si](O)(O)O.[B].[H-].[H-].[Sr+2]. The van der Waals surface area contributed by atoms with E-state index < -0.39 is 9.05 Å². The van der Waals surface area contributed by atoms with Crippen molar-refractivity contribution >= 4 is 62.9 Å². The molecule has 0 aromatic heterocycles. The summed E-state index contributed by atoms with van der Waals surface area (Å²) in [5.74, 6) is 0. The van der Waals surface area contributed by atoms with Gasteiger partial charge in [0.2, 0.25) is 0 Å². The molecule has 0 amide bonds. The van der Waals surface area contributed by atoms with Gasteiger partial charge >= 0.3 is 54.5 Å². The molecule has 0 aliphatic heterocycles. The molecule has 39 valence electrons. The van der Waals surface area contributed by atoms with E-state index in [-0.39, 0.29) is 56.7 Å². The molecule has 4 N–H and O–H groups in total. The van der Waals surface area contributed by atoms with Gasteiger partial charge in [0.15, 0.2) is 0 Å². The summed E-state index contributed by atoms with van der Waals surface area (Å²) in [7, 11) is -4.61. The van der Waals surface area contributed by atoms with Gasteiger partial charge in [-0.15, -0.1) is 0 Å². The monoisotopic (exact) mass is 197 g/mol. The Morgan fingerprint density at radius 3 is 1.00 bits per heavy atom. The zero-order valence-corrected chi connectivity index (χ0v) is 8.05. The molecule has 0 aromatic carbocycles. The van der Waals surface area contributed by atoms with E-state index in [0.717, 1.165) is 0 Å². The second kappa shape index (κ2) is 5.73. The van der Waals surface area contributed by atoms with E-state index in [2.05, 4.69) is 0 Å². The zero-order chi connectivity index (χ0) is 4.50. The average molecular weight is 197 g/mol. The maximum absolute atomic E-state index is 7.33. The number of hydrogen-bond acceptors (Lipinski definition) is 4. The molecule has 0 saturated heterocycles. The van der Waals surface area contributed by atoms with Gasteiger partial charge in [-0.3, -0.25) is 0 Å². The predicted octanol–water partition coefficient (Wildman–Crippen LogP) is -3.15. The van der Waals surface area contributed by atoms with Crippen molar-refractivity contribution in [2.24, 2.45) is 0 Å². The third-order valence-corrected chi connectivity index (χ3v) is 0. The minimum absolute atomic E-state index is 0. The van der Waals surface area contributed by atoms with Crippen LogP contribution in [0.15, 0.2) is 0 Å². The van der Waals surface area contributed by atoms with Crippen LogP contribution in [0, 0.1) is 0 Å². The molecule has 0 rings (SSSR count). The summed E-state index contributed by atoms with van der Waals surface area (Å²) in [6.07, 6.45) is 0. The Kier molecular flexibility index (Phi) is 13.0. The molecule has 0 heterocycles. The first-order valence-corrected chi connectivity index (χ1v) is 2.68. The summed E-state index contributed by atoms with van der Waals surface area (Å²) in [4.78, 5) is 29.3. The molecule has 7 heavy (non-hydrogen) atoms. The van der Waals surface area contributed by atoms with Crippen molar-refractivity contribution in [1.82, 2.24) is 0 Å². The molecule has 0 aliphatic rings. The third kappa shape index (κ3) is 92.9. The third-order valence-electron chi connectivity index (χ3n) is 0. The summed E-state index contributed by atoms with van der Waals surface area (Å²) in [6, 6.07) is 0. The summed E-state index contributed by atoms with van der Waals surface area (Å²) in [6.45, 7) is 0. The predicted molar refractivity (Wildman–Crippen MR) is 28.4 cm³/mol. The van der Waals surface area contributed by atoms with Gasteiger partial charge in [0.25, 0.3) is 0 Å². The van der Waals surface area contributed by atoms with Crippen LogP contribution in [0.5, 0.6) is 0 Å². The number of rotatable bonds is 0. The average Bonchev–Trinajstić information content (AvgIpc) is 0.722. The maximum Gasteiger partial charge on any atom is 2.00 e. The van der Waals surface area contributed by atoms with Crippen LogP contribution >= 0.6 is 0 Å². The van der Waals surface area contributed by atoms with E-state index in [4.69, 9.17) is 19.2 Å². The molecule has 0 unspecified atom stereocenters. The van der Waals surface area contributed by atoms with Crippen molar-refractivity contribution in [2.75, 3.05) is 0 Å². The molecule has 0 atom stereocenters. The van der Waals surface area contributed by atoms with Crippen LogP contribution in [0.1, 0.15) is 2.85 Å². The van der Waals surface area contributed by atoms with Crippen molar-refractivity contribution in [3.8, 4) is 0 Å². The second-order valence-corrected chi connectivity index (χ2v) is 1.80. The Morgan fingerprint density at radius 1 is 1.00 bits per heavy atom. The van der Waals surface area contributed by atoms with Crippen molar-refractivity contribution < 1.29 is 22.0 Å². The fourth-order valence-corrected chi connectivity index (χ4v) is 0. The van der Waals surface area contributed by atoms with Crippen LogP contribution in [0.2, 0.25) is 0 Å². The molecule has 7 heteroatoms. The van der Waals surface area contributed by atoms with E-state index >= 15 is 0 Å². The Morgan fingerprint density at radius 2 is 1.00 bits per heavy atom. The first-order chi connectivity index (χ1) is 2.00. The van der Waals surface area contributed by atoms with Crippen LogP contribution in [0.4, 0.5) is 0 Å². The van der Waals surface area contributed by atoms with Crippen molar-refractivity contribution in [2.45, 2.75) is 0 Å². The van der Waals surface area contributed by atoms with Crippen molar-refractivity contribution in [3.05, 3.63) is 0 Å². The van der Waals surface area contributed by atoms with Gasteiger partial charge in [0.1, 0.15) is 0 Å². The van der Waals surface area contributed by atoms with Crippen molar-refractivity contribution in [3.63, 3.8) is 0 Å². The quantitative estimate of drug-likeness (QED) is 0.309. The van der Waals surface area contributed by atoms with Crippen LogP contribution in [-0.4, -0.2) is 82.1 Å². The van der Waals surface area contributed by atoms with E-state index in [0.29, 0.717) is 0 Å². The smallest absolute Gasteiger partial charge is 1.00 e. The molecule has 3 radical (unpaired) electrons. The standard InChI is InChI=1S/B.H4O4Si.Sr.2H/c;1-5(2,3)4;;;/h;1-4H;;;/q;;+2;2*-1. The summed E-state index contributed by atoms with van der Waals surface area (Å²) >= 11 is 0. The zero-order valence-electron chi connectivity index (χ0n) is 5.57. The van der Waals surface area contributed by atoms with Crippen LogP contribution in [0.25, 0.3) is 0 Å². The first-order valence-electron chi connectivity index (χ1n) is 0.894. The Balaban J connectivity index is -0.0000000133. The number of hydrogen-bond donors (Lipinski definition) is 4.